The lowest BCUT2D eigenvalue weighted by Crippen LogP contribution is -2.45. The van der Waals surface area contributed by atoms with Gasteiger partial charge in [0.15, 0.2) is 6.04 Å². The molecule has 30 heavy (non-hydrogen) atoms. The van der Waals surface area contributed by atoms with Crippen LogP contribution in [-0.4, -0.2) is 36.2 Å². The fourth-order valence-electron chi connectivity index (χ4n) is 4.27. The van der Waals surface area contributed by atoms with Crippen LogP contribution < -0.4 is 0 Å². The highest BCUT2D eigenvalue weighted by molar-refractivity contribution is 5.88. The molecule has 3 atom stereocenters. The molecule has 3 aromatic carbocycles. The predicted molar refractivity (Wildman–Crippen MR) is 115 cm³/mol. The summed E-state index contributed by atoms with van der Waals surface area (Å²) >= 11 is 0. The summed E-state index contributed by atoms with van der Waals surface area (Å²) in [5.41, 5.74) is 2.11. The maximum absolute atomic E-state index is 12.9. The summed E-state index contributed by atoms with van der Waals surface area (Å²) in [6, 6.07) is 22.9. The van der Waals surface area contributed by atoms with Crippen LogP contribution in [0.15, 0.2) is 72.8 Å². The van der Waals surface area contributed by atoms with Crippen LogP contribution in [0.25, 0.3) is 10.8 Å². The number of cyclic esters (lactones) is 1. The largest absolute Gasteiger partial charge is 0.467 e. The minimum Gasteiger partial charge on any atom is -0.467 e. The third-order valence-electron chi connectivity index (χ3n) is 5.81. The topological polar surface area (TPSA) is 55.8 Å². The van der Waals surface area contributed by atoms with Gasteiger partial charge in [-0.25, -0.2) is 9.59 Å². The molecule has 1 fully saturated rings. The zero-order valence-electron chi connectivity index (χ0n) is 17.2. The first-order valence-electron chi connectivity index (χ1n) is 10.2. The van der Waals surface area contributed by atoms with Gasteiger partial charge in [0.05, 0.1) is 13.2 Å². The second kappa shape index (κ2) is 8.57. The summed E-state index contributed by atoms with van der Waals surface area (Å²) in [5, 5.41) is 2.14. The number of carbonyl (C=O) groups is 2. The average Bonchev–Trinajstić information content (AvgIpc) is 3.13. The van der Waals surface area contributed by atoms with E-state index in [1.807, 2.05) is 79.7 Å². The van der Waals surface area contributed by atoms with Gasteiger partial charge in [-0.15, -0.1) is 0 Å². The van der Waals surface area contributed by atoms with Crippen LogP contribution in [0.4, 0.5) is 4.79 Å². The van der Waals surface area contributed by atoms with E-state index >= 15 is 0 Å². The first-order valence-corrected chi connectivity index (χ1v) is 10.2. The highest BCUT2D eigenvalue weighted by atomic mass is 16.6. The minimum atomic E-state index is -0.778. The number of methoxy groups -OCH3 is 1. The third kappa shape index (κ3) is 3.75. The molecular formula is C25H25NO4. The van der Waals surface area contributed by atoms with Gasteiger partial charge in [-0.1, -0.05) is 72.8 Å². The van der Waals surface area contributed by atoms with E-state index in [1.165, 1.54) is 12.0 Å². The molecule has 0 N–H and O–H groups in total. The van der Waals surface area contributed by atoms with Crippen LogP contribution in [0.2, 0.25) is 0 Å². The van der Waals surface area contributed by atoms with E-state index in [-0.39, 0.29) is 6.04 Å². The molecule has 1 aliphatic rings. The maximum Gasteiger partial charge on any atom is 0.411 e. The number of amides is 1. The fourth-order valence-corrected chi connectivity index (χ4v) is 4.27. The maximum atomic E-state index is 12.9. The number of benzene rings is 3. The van der Waals surface area contributed by atoms with Crippen LogP contribution in [0, 0.1) is 0 Å². The number of aryl methyl sites for hydroxylation is 1. The lowest BCUT2D eigenvalue weighted by molar-refractivity contribution is -0.147. The Morgan fingerprint density at radius 3 is 2.50 bits per heavy atom. The molecule has 3 unspecified atom stereocenters. The molecule has 0 aliphatic carbocycles. The van der Waals surface area contributed by atoms with E-state index in [0.29, 0.717) is 12.8 Å². The highest BCUT2D eigenvalue weighted by Gasteiger charge is 2.49. The van der Waals surface area contributed by atoms with E-state index in [2.05, 4.69) is 0 Å². The van der Waals surface area contributed by atoms with Crippen molar-refractivity contribution in [3.05, 3.63) is 83.9 Å². The van der Waals surface area contributed by atoms with Crippen LogP contribution in [-0.2, 0) is 20.7 Å². The number of esters is 1. The highest BCUT2D eigenvalue weighted by Crippen LogP contribution is 2.35. The zero-order chi connectivity index (χ0) is 21.1. The molecule has 4 rings (SSSR count). The summed E-state index contributed by atoms with van der Waals surface area (Å²) in [4.78, 5) is 27.1. The van der Waals surface area contributed by atoms with Crippen LogP contribution in [0.3, 0.4) is 0 Å². The van der Waals surface area contributed by atoms with Crippen molar-refractivity contribution in [3.63, 3.8) is 0 Å². The van der Waals surface area contributed by atoms with Crippen molar-refractivity contribution in [3.8, 4) is 0 Å². The number of hydrogen-bond donors (Lipinski definition) is 0. The Balaban J connectivity index is 1.63. The third-order valence-corrected chi connectivity index (χ3v) is 5.81. The Kier molecular flexibility index (Phi) is 5.70. The Hall–Kier alpha value is -3.34. The van der Waals surface area contributed by atoms with E-state index in [9.17, 15) is 9.59 Å². The van der Waals surface area contributed by atoms with Crippen molar-refractivity contribution < 1.29 is 19.1 Å². The molecule has 5 heteroatoms. The minimum absolute atomic E-state index is 0.338. The second-order valence-corrected chi connectivity index (χ2v) is 7.57. The van der Waals surface area contributed by atoms with Gasteiger partial charge in [-0.05, 0) is 41.7 Å². The van der Waals surface area contributed by atoms with Crippen LogP contribution in [0.1, 0.15) is 30.5 Å². The van der Waals surface area contributed by atoms with Gasteiger partial charge >= 0.3 is 12.1 Å². The molecule has 0 aromatic heterocycles. The molecule has 1 heterocycles. The van der Waals surface area contributed by atoms with E-state index < -0.39 is 24.2 Å². The van der Waals surface area contributed by atoms with E-state index in [4.69, 9.17) is 9.47 Å². The number of fused-ring (bicyclic) bond motifs is 1. The summed E-state index contributed by atoms with van der Waals surface area (Å²) in [7, 11) is 1.35. The molecule has 0 spiro atoms. The zero-order valence-corrected chi connectivity index (χ0v) is 17.2. The predicted octanol–water partition coefficient (Wildman–Crippen LogP) is 4.90. The van der Waals surface area contributed by atoms with Crippen LogP contribution >= 0.6 is 0 Å². The van der Waals surface area contributed by atoms with Crippen molar-refractivity contribution in [2.45, 2.75) is 38.0 Å². The normalized spacial score (nSPS) is 19.5. The second-order valence-electron chi connectivity index (χ2n) is 7.57. The van der Waals surface area contributed by atoms with Crippen molar-refractivity contribution in [1.29, 1.82) is 0 Å². The van der Waals surface area contributed by atoms with Crippen molar-refractivity contribution in [2.24, 2.45) is 0 Å². The van der Waals surface area contributed by atoms with Crippen molar-refractivity contribution >= 4 is 22.8 Å². The van der Waals surface area contributed by atoms with Gasteiger partial charge in [0.1, 0.15) is 6.10 Å². The fraction of sp³-hybridized carbons (Fsp3) is 0.280. The molecule has 5 nitrogen and oxygen atoms in total. The van der Waals surface area contributed by atoms with Gasteiger partial charge in [-0.2, -0.15) is 0 Å². The van der Waals surface area contributed by atoms with Crippen LogP contribution in [0.5, 0.6) is 0 Å². The van der Waals surface area contributed by atoms with Gasteiger partial charge in [0, 0.05) is 0 Å². The number of rotatable bonds is 6. The Morgan fingerprint density at radius 1 is 1.03 bits per heavy atom. The summed E-state index contributed by atoms with van der Waals surface area (Å²) in [6.07, 6.45) is 0.225. The smallest absolute Gasteiger partial charge is 0.411 e. The molecule has 0 saturated carbocycles. The first-order chi connectivity index (χ1) is 14.6. The van der Waals surface area contributed by atoms with Crippen molar-refractivity contribution in [1.82, 2.24) is 4.90 Å². The molecule has 1 aliphatic heterocycles. The molecular weight excluding hydrogens is 378 g/mol. The monoisotopic (exact) mass is 403 g/mol. The van der Waals surface area contributed by atoms with Gasteiger partial charge in [0.2, 0.25) is 0 Å². The molecule has 0 bridgehead atoms. The van der Waals surface area contributed by atoms with Gasteiger partial charge < -0.3 is 9.47 Å². The molecule has 154 valence electrons. The SMILES string of the molecule is COC(=O)C1C(CCc2ccccc2)OC(=O)N1C(C)c1cccc2ccccc12. The first kappa shape index (κ1) is 20.0. The number of hydrogen-bond acceptors (Lipinski definition) is 4. The Bertz CT molecular complexity index is 1040. The summed E-state index contributed by atoms with van der Waals surface area (Å²) in [5.74, 6) is -0.453. The quantitative estimate of drug-likeness (QED) is 0.550. The Morgan fingerprint density at radius 2 is 1.73 bits per heavy atom. The lowest BCUT2D eigenvalue weighted by Gasteiger charge is -2.29. The van der Waals surface area contributed by atoms with E-state index in [0.717, 1.165) is 21.9 Å². The van der Waals surface area contributed by atoms with E-state index in [1.54, 1.807) is 0 Å². The number of carbonyl (C=O) groups excluding carboxylic acids is 2. The number of ether oxygens (including phenoxy) is 2. The summed E-state index contributed by atoms with van der Waals surface area (Å²) in [6.45, 7) is 1.93. The molecule has 3 aromatic rings. The van der Waals surface area contributed by atoms with Gasteiger partial charge in [-0.3, -0.25) is 4.90 Å². The Labute approximate surface area is 176 Å². The lowest BCUT2D eigenvalue weighted by atomic mass is 9.96. The average molecular weight is 403 g/mol. The molecule has 0 radical (unpaired) electrons. The standard InChI is InChI=1S/C25H25NO4/c1-17(20-14-8-12-19-11-6-7-13-21(19)20)26-23(24(27)29-2)22(30-25(26)28)16-15-18-9-4-3-5-10-18/h3-14,17,22-23H,15-16H2,1-2H3. The number of nitrogens with zero attached hydrogens (tertiary/aromatic N) is 1. The van der Waals surface area contributed by atoms with Gasteiger partial charge in [0.25, 0.3) is 0 Å². The summed E-state index contributed by atoms with van der Waals surface area (Å²) < 4.78 is 10.7. The molecule has 1 amide bonds. The molecule has 1 saturated heterocycles. The van der Waals surface area contributed by atoms with Crippen molar-refractivity contribution in [2.75, 3.05) is 7.11 Å².